The predicted molar refractivity (Wildman–Crippen MR) is 126 cm³/mol. The molecule has 0 fully saturated rings. The van der Waals surface area contributed by atoms with Gasteiger partial charge in [0.15, 0.2) is 0 Å². The van der Waals surface area contributed by atoms with Crippen molar-refractivity contribution in [2.45, 2.75) is 79.1 Å². The Hall–Kier alpha value is -0.763. The van der Waals surface area contributed by atoms with Crippen molar-refractivity contribution in [1.29, 1.82) is 0 Å². The van der Waals surface area contributed by atoms with E-state index in [4.69, 9.17) is 22.2 Å². The Balaban J connectivity index is 2.93. The standard InChI is InChI=1S/C24H34Cl2Si/c1-15(2)19-11-9-12-20(16(3)4)23(19)27(25,26)24-21(17(5)6)13-10-14-22(24)18(7)8/h9-18H,1-8H3. The van der Waals surface area contributed by atoms with Crippen LogP contribution >= 0.6 is 22.2 Å². The highest BCUT2D eigenvalue weighted by Gasteiger charge is 2.42. The Morgan fingerprint density at radius 3 is 0.926 bits per heavy atom. The first-order valence-electron chi connectivity index (χ1n) is 10.1. The number of benzene rings is 2. The van der Waals surface area contributed by atoms with Crippen LogP contribution in [0.5, 0.6) is 0 Å². The van der Waals surface area contributed by atoms with Gasteiger partial charge >= 0.3 is 6.69 Å². The van der Waals surface area contributed by atoms with E-state index in [0.717, 1.165) is 0 Å². The van der Waals surface area contributed by atoms with Crippen LogP contribution in [0.3, 0.4) is 0 Å². The molecule has 0 spiro atoms. The molecule has 0 nitrogen and oxygen atoms in total. The summed E-state index contributed by atoms with van der Waals surface area (Å²) in [5, 5.41) is 2.43. The third kappa shape index (κ3) is 4.47. The molecule has 0 radical (unpaired) electrons. The highest BCUT2D eigenvalue weighted by molar-refractivity contribution is 7.56. The molecule has 0 heterocycles. The third-order valence-electron chi connectivity index (χ3n) is 5.37. The minimum absolute atomic E-state index is 0.386. The molecule has 3 heteroatoms. The minimum Gasteiger partial charge on any atom is -0.134 e. The van der Waals surface area contributed by atoms with E-state index in [1.54, 1.807) is 0 Å². The fraction of sp³-hybridized carbons (Fsp3) is 0.500. The van der Waals surface area contributed by atoms with E-state index in [1.165, 1.54) is 32.6 Å². The average molecular weight is 422 g/mol. The van der Waals surface area contributed by atoms with Gasteiger partial charge in [0.1, 0.15) is 0 Å². The van der Waals surface area contributed by atoms with Gasteiger partial charge in [-0.2, -0.15) is 0 Å². The molecule has 0 aliphatic rings. The van der Waals surface area contributed by atoms with Crippen LogP contribution in [0.4, 0.5) is 0 Å². The highest BCUT2D eigenvalue weighted by atomic mass is 35.7. The first-order chi connectivity index (χ1) is 12.5. The molecular weight excluding hydrogens is 387 g/mol. The van der Waals surface area contributed by atoms with E-state index in [0.29, 0.717) is 23.7 Å². The zero-order chi connectivity index (χ0) is 20.5. The monoisotopic (exact) mass is 420 g/mol. The van der Waals surface area contributed by atoms with E-state index in [9.17, 15) is 0 Å². The molecule has 0 atom stereocenters. The summed E-state index contributed by atoms with van der Waals surface area (Å²) in [4.78, 5) is 0. The second-order valence-corrected chi connectivity index (χ2v) is 14.9. The second kappa shape index (κ2) is 8.72. The van der Waals surface area contributed by atoms with Crippen molar-refractivity contribution in [3.05, 3.63) is 58.7 Å². The van der Waals surface area contributed by atoms with Crippen LogP contribution in [0.2, 0.25) is 0 Å². The van der Waals surface area contributed by atoms with Crippen molar-refractivity contribution in [2.24, 2.45) is 0 Å². The topological polar surface area (TPSA) is 0 Å². The van der Waals surface area contributed by atoms with Gasteiger partial charge in [0.25, 0.3) is 0 Å². The van der Waals surface area contributed by atoms with Gasteiger partial charge in [-0.15, -0.1) is 22.2 Å². The van der Waals surface area contributed by atoms with Crippen LogP contribution in [0.15, 0.2) is 36.4 Å². The van der Waals surface area contributed by atoms with Crippen molar-refractivity contribution in [1.82, 2.24) is 0 Å². The predicted octanol–water partition coefficient (Wildman–Crippen LogP) is 7.21. The average Bonchev–Trinajstić information content (AvgIpc) is 2.59. The molecular formula is C24H34Cl2Si. The first kappa shape index (κ1) is 22.5. The molecule has 2 aromatic rings. The Bertz CT molecular complexity index is 671. The molecule has 2 rings (SSSR count). The molecule has 148 valence electrons. The highest BCUT2D eigenvalue weighted by Crippen LogP contribution is 2.32. The summed E-state index contributed by atoms with van der Waals surface area (Å²) in [6.07, 6.45) is 0. The van der Waals surface area contributed by atoms with Gasteiger partial charge in [0, 0.05) is 0 Å². The van der Waals surface area contributed by atoms with Crippen LogP contribution in [0, 0.1) is 0 Å². The summed E-state index contributed by atoms with van der Waals surface area (Å²) in [6.45, 7) is 14.9. The molecule has 0 saturated carbocycles. The van der Waals surface area contributed by atoms with Gasteiger partial charge in [0.2, 0.25) is 0 Å². The molecule has 0 aliphatic carbocycles. The lowest BCUT2D eigenvalue weighted by Crippen LogP contribution is -2.55. The van der Waals surface area contributed by atoms with Gasteiger partial charge in [-0.1, -0.05) is 91.8 Å². The van der Waals surface area contributed by atoms with E-state index in [-0.39, 0.29) is 0 Å². The van der Waals surface area contributed by atoms with Crippen LogP contribution < -0.4 is 10.4 Å². The fourth-order valence-corrected chi connectivity index (χ4v) is 9.76. The van der Waals surface area contributed by atoms with Gasteiger partial charge in [-0.25, -0.2) is 0 Å². The molecule has 0 amide bonds. The number of hydrogen-bond acceptors (Lipinski definition) is 0. The third-order valence-corrected chi connectivity index (χ3v) is 10.1. The van der Waals surface area contributed by atoms with Crippen LogP contribution in [0.1, 0.15) is 101 Å². The molecule has 0 bridgehead atoms. The summed E-state index contributed by atoms with van der Waals surface area (Å²) >= 11 is 15.0. The molecule has 2 aromatic carbocycles. The molecule has 0 N–H and O–H groups in total. The van der Waals surface area contributed by atoms with Gasteiger partial charge in [-0.3, -0.25) is 0 Å². The van der Waals surface area contributed by atoms with E-state index >= 15 is 0 Å². The fourth-order valence-electron chi connectivity index (χ4n) is 3.95. The molecule has 0 saturated heterocycles. The lowest BCUT2D eigenvalue weighted by Gasteiger charge is -2.32. The molecule has 27 heavy (non-hydrogen) atoms. The van der Waals surface area contributed by atoms with Gasteiger partial charge in [-0.05, 0) is 56.3 Å². The summed E-state index contributed by atoms with van der Waals surface area (Å²) in [7, 11) is 0. The Morgan fingerprint density at radius 1 is 0.519 bits per heavy atom. The Labute approximate surface area is 176 Å². The van der Waals surface area contributed by atoms with Crippen molar-refractivity contribution in [2.75, 3.05) is 0 Å². The van der Waals surface area contributed by atoms with E-state index in [1.807, 2.05) is 0 Å². The Kier molecular flexibility index (Phi) is 7.27. The number of rotatable bonds is 6. The lowest BCUT2D eigenvalue weighted by molar-refractivity contribution is 0.841. The van der Waals surface area contributed by atoms with Crippen molar-refractivity contribution >= 4 is 39.2 Å². The molecule has 0 aliphatic heterocycles. The quantitative estimate of drug-likeness (QED) is 0.341. The zero-order valence-corrected chi connectivity index (χ0v) is 20.5. The number of hydrogen-bond donors (Lipinski definition) is 0. The van der Waals surface area contributed by atoms with Gasteiger partial charge in [0.05, 0.1) is 0 Å². The largest absolute Gasteiger partial charge is 0.311 e. The van der Waals surface area contributed by atoms with Gasteiger partial charge < -0.3 is 0 Å². The normalized spacial score (nSPS) is 12.7. The molecule has 0 aromatic heterocycles. The minimum atomic E-state index is -2.94. The maximum absolute atomic E-state index is 7.49. The maximum Gasteiger partial charge on any atom is 0.311 e. The maximum atomic E-state index is 7.49. The van der Waals surface area contributed by atoms with Crippen LogP contribution in [-0.2, 0) is 0 Å². The van der Waals surface area contributed by atoms with Crippen LogP contribution in [0.25, 0.3) is 0 Å². The second-order valence-electron chi connectivity index (χ2n) is 8.82. The summed E-state index contributed by atoms with van der Waals surface area (Å²) in [5.41, 5.74) is 5.19. The summed E-state index contributed by atoms with van der Waals surface area (Å²) < 4.78 is 0. The summed E-state index contributed by atoms with van der Waals surface area (Å²) in [5.74, 6) is 1.54. The zero-order valence-electron chi connectivity index (χ0n) is 18.0. The number of halogens is 2. The van der Waals surface area contributed by atoms with E-state index < -0.39 is 6.69 Å². The lowest BCUT2D eigenvalue weighted by atomic mass is 9.95. The summed E-state index contributed by atoms with van der Waals surface area (Å²) in [6, 6.07) is 13.2. The Morgan fingerprint density at radius 2 is 0.741 bits per heavy atom. The SMILES string of the molecule is CC(C)c1cccc(C(C)C)c1[Si](Cl)(Cl)c1c(C(C)C)cccc1C(C)C. The first-order valence-corrected chi connectivity index (χ1v) is 14.2. The van der Waals surface area contributed by atoms with Crippen molar-refractivity contribution < 1.29 is 0 Å². The molecule has 0 unspecified atom stereocenters. The van der Waals surface area contributed by atoms with Crippen molar-refractivity contribution in [3.8, 4) is 0 Å². The van der Waals surface area contributed by atoms with E-state index in [2.05, 4.69) is 91.8 Å². The smallest absolute Gasteiger partial charge is 0.134 e. The van der Waals surface area contributed by atoms with Crippen LogP contribution in [-0.4, -0.2) is 6.69 Å². The van der Waals surface area contributed by atoms with Crippen molar-refractivity contribution in [3.63, 3.8) is 0 Å².